The summed E-state index contributed by atoms with van der Waals surface area (Å²) in [5.41, 5.74) is -0.222. The standard InChI is InChI=1S/C15H23NO3/c17-10-15(6-2-1-3-7-15)9-16-13(18)11-4-5-12(8-11)14(16)19/h11-12,17H,1-10H2. The van der Waals surface area contributed by atoms with Crippen LogP contribution in [0.4, 0.5) is 0 Å². The smallest absolute Gasteiger partial charge is 0.232 e. The van der Waals surface area contributed by atoms with Crippen molar-refractivity contribution in [3.8, 4) is 0 Å². The Bertz CT molecular complexity index is 365. The lowest BCUT2D eigenvalue weighted by Gasteiger charge is -2.41. The van der Waals surface area contributed by atoms with Crippen LogP contribution in [0.15, 0.2) is 0 Å². The summed E-state index contributed by atoms with van der Waals surface area (Å²) in [4.78, 5) is 26.2. The van der Waals surface area contributed by atoms with Crippen molar-refractivity contribution in [3.63, 3.8) is 0 Å². The van der Waals surface area contributed by atoms with Crippen molar-refractivity contribution in [1.29, 1.82) is 0 Å². The molecule has 2 bridgehead atoms. The maximum atomic E-state index is 12.3. The third-order valence-electron chi connectivity index (χ3n) is 5.41. The fourth-order valence-corrected chi connectivity index (χ4v) is 4.14. The monoisotopic (exact) mass is 265 g/mol. The van der Waals surface area contributed by atoms with Crippen LogP contribution < -0.4 is 0 Å². The number of imide groups is 1. The number of aliphatic hydroxyl groups excluding tert-OH is 1. The van der Waals surface area contributed by atoms with Crippen LogP contribution >= 0.6 is 0 Å². The normalized spacial score (nSPS) is 33.8. The molecule has 0 aromatic rings. The van der Waals surface area contributed by atoms with E-state index in [4.69, 9.17) is 0 Å². The lowest BCUT2D eigenvalue weighted by atomic mass is 9.74. The first-order chi connectivity index (χ1) is 9.15. The van der Waals surface area contributed by atoms with Crippen molar-refractivity contribution in [1.82, 2.24) is 4.90 Å². The molecule has 106 valence electrons. The van der Waals surface area contributed by atoms with Gasteiger partial charge >= 0.3 is 0 Å². The van der Waals surface area contributed by atoms with Crippen molar-refractivity contribution in [3.05, 3.63) is 0 Å². The van der Waals surface area contributed by atoms with E-state index in [-0.39, 0.29) is 35.7 Å². The second-order valence-corrected chi connectivity index (χ2v) is 6.69. The number of aliphatic hydroxyl groups is 1. The highest BCUT2D eigenvalue weighted by atomic mass is 16.3. The summed E-state index contributed by atoms with van der Waals surface area (Å²) >= 11 is 0. The molecule has 1 aliphatic heterocycles. The number of carbonyl (C=O) groups is 2. The second-order valence-electron chi connectivity index (χ2n) is 6.69. The molecule has 2 unspecified atom stereocenters. The zero-order chi connectivity index (χ0) is 13.5. The average molecular weight is 265 g/mol. The third-order valence-corrected chi connectivity index (χ3v) is 5.41. The molecule has 1 N–H and O–H groups in total. The Morgan fingerprint density at radius 3 is 2.16 bits per heavy atom. The van der Waals surface area contributed by atoms with Gasteiger partial charge in [-0.3, -0.25) is 14.5 Å². The quantitative estimate of drug-likeness (QED) is 0.790. The van der Waals surface area contributed by atoms with Crippen molar-refractivity contribution in [2.75, 3.05) is 13.2 Å². The summed E-state index contributed by atoms with van der Waals surface area (Å²) in [5.74, 6) is 0.193. The predicted molar refractivity (Wildman–Crippen MR) is 70.2 cm³/mol. The van der Waals surface area contributed by atoms with Gasteiger partial charge in [-0.15, -0.1) is 0 Å². The number of hydrogen-bond acceptors (Lipinski definition) is 3. The Morgan fingerprint density at radius 1 is 1.05 bits per heavy atom. The Kier molecular flexibility index (Phi) is 3.37. The van der Waals surface area contributed by atoms with Crippen molar-refractivity contribution < 1.29 is 14.7 Å². The highest BCUT2D eigenvalue weighted by molar-refractivity contribution is 6.00. The molecule has 4 nitrogen and oxygen atoms in total. The van der Waals surface area contributed by atoms with E-state index < -0.39 is 0 Å². The number of carbonyl (C=O) groups excluding carboxylic acids is 2. The van der Waals surface area contributed by atoms with E-state index in [0.29, 0.717) is 6.54 Å². The van der Waals surface area contributed by atoms with Crippen LogP contribution in [0, 0.1) is 17.3 Å². The van der Waals surface area contributed by atoms with E-state index >= 15 is 0 Å². The minimum Gasteiger partial charge on any atom is -0.396 e. The van der Waals surface area contributed by atoms with Crippen molar-refractivity contribution >= 4 is 11.8 Å². The molecule has 19 heavy (non-hydrogen) atoms. The van der Waals surface area contributed by atoms with E-state index in [2.05, 4.69) is 0 Å². The van der Waals surface area contributed by atoms with Crippen molar-refractivity contribution in [2.24, 2.45) is 17.3 Å². The topological polar surface area (TPSA) is 57.6 Å². The van der Waals surface area contributed by atoms with Gasteiger partial charge in [-0.1, -0.05) is 19.3 Å². The van der Waals surface area contributed by atoms with Gasteiger partial charge in [0, 0.05) is 23.8 Å². The molecule has 1 heterocycles. The summed E-state index contributed by atoms with van der Waals surface area (Å²) in [5, 5.41) is 9.74. The highest BCUT2D eigenvalue weighted by Gasteiger charge is 2.47. The first-order valence-electron chi connectivity index (χ1n) is 7.61. The van der Waals surface area contributed by atoms with Gasteiger partial charge in [0.1, 0.15) is 0 Å². The fraction of sp³-hybridized carbons (Fsp3) is 0.867. The predicted octanol–water partition coefficient (Wildman–Crippen LogP) is 1.71. The number of fused-ring (bicyclic) bond motifs is 2. The van der Waals surface area contributed by atoms with Crippen LogP contribution in [0.25, 0.3) is 0 Å². The highest BCUT2D eigenvalue weighted by Crippen LogP contribution is 2.42. The maximum Gasteiger partial charge on any atom is 0.232 e. The fourth-order valence-electron chi connectivity index (χ4n) is 4.14. The van der Waals surface area contributed by atoms with Crippen LogP contribution in [0.5, 0.6) is 0 Å². The Morgan fingerprint density at radius 2 is 1.63 bits per heavy atom. The second kappa shape index (κ2) is 4.89. The maximum absolute atomic E-state index is 12.3. The summed E-state index contributed by atoms with van der Waals surface area (Å²) < 4.78 is 0. The van der Waals surface area contributed by atoms with Gasteiger partial charge in [0.2, 0.25) is 11.8 Å². The number of nitrogens with zero attached hydrogens (tertiary/aromatic N) is 1. The molecule has 0 aromatic heterocycles. The van der Waals surface area contributed by atoms with Crippen molar-refractivity contribution in [2.45, 2.75) is 51.4 Å². The van der Waals surface area contributed by atoms with Gasteiger partial charge in [0.05, 0.1) is 6.61 Å². The minimum atomic E-state index is -0.222. The molecule has 2 amide bonds. The SMILES string of the molecule is O=C1C2CCC(C2)C(=O)N1CC1(CO)CCCCC1. The van der Waals surface area contributed by atoms with Gasteiger partial charge in [0.15, 0.2) is 0 Å². The van der Waals surface area contributed by atoms with Gasteiger partial charge < -0.3 is 5.11 Å². The number of hydrogen-bond donors (Lipinski definition) is 1. The van der Waals surface area contributed by atoms with E-state index in [0.717, 1.165) is 44.9 Å². The molecule has 2 atom stereocenters. The summed E-state index contributed by atoms with van der Waals surface area (Å²) in [6, 6.07) is 0. The number of likely N-dealkylation sites (tertiary alicyclic amines) is 1. The molecule has 4 heteroatoms. The third kappa shape index (κ3) is 2.20. The molecular formula is C15H23NO3. The largest absolute Gasteiger partial charge is 0.396 e. The molecule has 3 fully saturated rings. The molecule has 0 aromatic carbocycles. The number of piperidine rings is 1. The van der Waals surface area contributed by atoms with E-state index in [1.165, 1.54) is 11.3 Å². The van der Waals surface area contributed by atoms with Crippen LogP contribution in [0.2, 0.25) is 0 Å². The van der Waals surface area contributed by atoms with Crippen LogP contribution in [-0.2, 0) is 9.59 Å². The lowest BCUT2D eigenvalue weighted by molar-refractivity contribution is -0.155. The molecule has 2 saturated carbocycles. The Labute approximate surface area is 114 Å². The Hall–Kier alpha value is -0.900. The van der Waals surface area contributed by atoms with Gasteiger partial charge in [0.25, 0.3) is 0 Å². The average Bonchev–Trinajstić information content (AvgIpc) is 2.90. The molecule has 0 spiro atoms. The summed E-state index contributed by atoms with van der Waals surface area (Å²) in [7, 11) is 0. The first kappa shape index (κ1) is 13.1. The van der Waals surface area contributed by atoms with E-state index in [9.17, 15) is 14.7 Å². The van der Waals surface area contributed by atoms with Crippen LogP contribution in [0.1, 0.15) is 51.4 Å². The van der Waals surface area contributed by atoms with Crippen LogP contribution in [0.3, 0.4) is 0 Å². The molecule has 3 rings (SSSR count). The van der Waals surface area contributed by atoms with Crippen LogP contribution in [-0.4, -0.2) is 35.0 Å². The van der Waals surface area contributed by atoms with Gasteiger partial charge in [-0.25, -0.2) is 0 Å². The molecule has 1 saturated heterocycles. The van der Waals surface area contributed by atoms with E-state index in [1.807, 2.05) is 0 Å². The molecule has 3 aliphatic rings. The lowest BCUT2D eigenvalue weighted by Crippen LogP contribution is -2.52. The summed E-state index contributed by atoms with van der Waals surface area (Å²) in [6.07, 6.45) is 7.80. The first-order valence-corrected chi connectivity index (χ1v) is 7.61. The molecular weight excluding hydrogens is 242 g/mol. The number of rotatable bonds is 3. The van der Waals surface area contributed by atoms with E-state index in [1.54, 1.807) is 0 Å². The zero-order valence-electron chi connectivity index (χ0n) is 11.4. The molecule has 2 aliphatic carbocycles. The summed E-state index contributed by atoms with van der Waals surface area (Å²) in [6.45, 7) is 0.549. The Balaban J connectivity index is 1.77. The molecule has 0 radical (unpaired) electrons. The van der Waals surface area contributed by atoms with Gasteiger partial charge in [-0.05, 0) is 32.1 Å². The number of amides is 2. The zero-order valence-corrected chi connectivity index (χ0v) is 11.4. The minimum absolute atomic E-state index is 0.0251. The van der Waals surface area contributed by atoms with Gasteiger partial charge in [-0.2, -0.15) is 0 Å².